The Bertz CT molecular complexity index is 1210. The molecule has 0 spiro atoms. The first kappa shape index (κ1) is 35.3. The van der Waals surface area contributed by atoms with Gasteiger partial charge in [0.15, 0.2) is 0 Å². The lowest BCUT2D eigenvalue weighted by Crippen LogP contribution is -2.54. The maximum absolute atomic E-state index is 14.3. The second kappa shape index (κ2) is 17.3. The Balaban J connectivity index is 2.51. The van der Waals surface area contributed by atoms with Crippen molar-refractivity contribution in [2.75, 3.05) is 6.54 Å². The Labute approximate surface area is 256 Å². The minimum absolute atomic E-state index is 0.257. The second-order valence-electron chi connectivity index (χ2n) is 12.1. The highest BCUT2D eigenvalue weighted by Crippen LogP contribution is 2.28. The third-order valence-corrected chi connectivity index (χ3v) is 7.02. The van der Waals surface area contributed by atoms with Gasteiger partial charge >= 0.3 is 6.09 Å². The molecular weight excluding hydrogens is 544 g/mol. The number of carbonyl (C=O) groups excluding carboxylic acids is 4. The van der Waals surface area contributed by atoms with E-state index in [1.54, 1.807) is 20.8 Å². The summed E-state index contributed by atoms with van der Waals surface area (Å²) in [6, 6.07) is 13.0. The number of nitrogens with two attached hydrogens (primary N) is 1. The molecule has 0 aromatic heterocycles. The second-order valence-corrected chi connectivity index (χ2v) is 12.1. The summed E-state index contributed by atoms with van der Waals surface area (Å²) in [4.78, 5) is 54.6. The molecule has 2 aromatic rings. The molecule has 9 heteroatoms. The van der Waals surface area contributed by atoms with Gasteiger partial charge in [0.25, 0.3) is 0 Å². The van der Waals surface area contributed by atoms with E-state index in [-0.39, 0.29) is 19.0 Å². The molecule has 0 heterocycles. The maximum atomic E-state index is 14.3. The van der Waals surface area contributed by atoms with E-state index in [1.807, 2.05) is 62.4 Å². The first-order chi connectivity index (χ1) is 20.3. The van der Waals surface area contributed by atoms with Gasteiger partial charge in [-0.05, 0) is 57.7 Å². The van der Waals surface area contributed by atoms with Crippen LogP contribution >= 0.6 is 0 Å². The summed E-state index contributed by atoms with van der Waals surface area (Å²) >= 11 is 0. The molecule has 2 aromatic carbocycles. The number of unbranched alkanes of at least 4 members (excludes halogenated alkanes) is 5. The number of carbonyl (C=O) groups is 4. The van der Waals surface area contributed by atoms with Gasteiger partial charge in [0, 0.05) is 13.1 Å². The van der Waals surface area contributed by atoms with Crippen LogP contribution in [0.4, 0.5) is 4.79 Å². The molecule has 4 N–H and O–H groups in total. The fourth-order valence-electron chi connectivity index (χ4n) is 4.95. The lowest BCUT2D eigenvalue weighted by molar-refractivity contribution is -0.143. The number of hydrogen-bond donors (Lipinski definition) is 3. The molecule has 0 aliphatic carbocycles. The van der Waals surface area contributed by atoms with Crippen LogP contribution < -0.4 is 16.4 Å². The van der Waals surface area contributed by atoms with Crippen LogP contribution in [0, 0.1) is 13.8 Å². The van der Waals surface area contributed by atoms with E-state index >= 15 is 0 Å². The minimum atomic E-state index is -1.30. The number of primary amides is 1. The lowest BCUT2D eigenvalue weighted by Gasteiger charge is -2.35. The van der Waals surface area contributed by atoms with Crippen molar-refractivity contribution in [1.82, 2.24) is 15.5 Å². The highest BCUT2D eigenvalue weighted by molar-refractivity contribution is 5.94. The van der Waals surface area contributed by atoms with E-state index in [1.165, 1.54) is 4.90 Å². The van der Waals surface area contributed by atoms with Gasteiger partial charge in [0.1, 0.15) is 17.7 Å². The van der Waals surface area contributed by atoms with Gasteiger partial charge in [0.2, 0.25) is 17.7 Å². The molecule has 2 unspecified atom stereocenters. The van der Waals surface area contributed by atoms with Crippen molar-refractivity contribution in [3.8, 4) is 0 Å². The van der Waals surface area contributed by atoms with Crippen LogP contribution in [0.25, 0.3) is 0 Å². The van der Waals surface area contributed by atoms with Crippen molar-refractivity contribution in [3.63, 3.8) is 0 Å². The normalized spacial score (nSPS) is 12.6. The van der Waals surface area contributed by atoms with E-state index in [4.69, 9.17) is 10.5 Å². The molecular formula is C34H50N4O5. The third-order valence-electron chi connectivity index (χ3n) is 7.02. The van der Waals surface area contributed by atoms with Crippen LogP contribution in [-0.2, 0) is 25.7 Å². The Morgan fingerprint density at radius 1 is 0.930 bits per heavy atom. The Kier molecular flexibility index (Phi) is 14.2. The quantitative estimate of drug-likeness (QED) is 0.217. The summed E-state index contributed by atoms with van der Waals surface area (Å²) in [5.41, 5.74) is 8.17. The number of nitrogens with one attached hydrogen (secondary N) is 2. The van der Waals surface area contributed by atoms with E-state index in [0.717, 1.165) is 48.8 Å². The van der Waals surface area contributed by atoms with E-state index in [9.17, 15) is 19.2 Å². The number of rotatable bonds is 16. The fourth-order valence-corrected chi connectivity index (χ4v) is 4.95. The summed E-state index contributed by atoms with van der Waals surface area (Å²) in [6.45, 7) is 11.7. The smallest absolute Gasteiger partial charge is 0.408 e. The largest absolute Gasteiger partial charge is 0.444 e. The van der Waals surface area contributed by atoms with Gasteiger partial charge in [-0.3, -0.25) is 14.4 Å². The standard InChI is InChI=1S/C34H50N4O5/c1-7-8-9-10-11-15-20-38(32(41)28(22-29(35)39)37-33(42)43-34(4,5)6)30(27-19-18-24(2)21-25(27)3)31(40)36-23-26-16-13-12-14-17-26/h12-14,16-19,21,28,30H,7-11,15,20,22-23H2,1-6H3,(H2,35,39)(H,36,40)(H,37,42). The zero-order valence-electron chi connectivity index (χ0n) is 26.7. The molecule has 0 radical (unpaired) electrons. The number of benzene rings is 2. The van der Waals surface area contributed by atoms with Crippen molar-refractivity contribution in [1.29, 1.82) is 0 Å². The monoisotopic (exact) mass is 594 g/mol. The molecule has 2 atom stereocenters. The molecule has 4 amide bonds. The SMILES string of the molecule is CCCCCCCCN(C(=O)C(CC(N)=O)NC(=O)OC(C)(C)C)C(C(=O)NCc1ccccc1)c1ccc(C)cc1C. The van der Waals surface area contributed by atoms with Crippen LogP contribution in [0.1, 0.15) is 101 Å². The van der Waals surface area contributed by atoms with Crippen molar-refractivity contribution < 1.29 is 23.9 Å². The van der Waals surface area contributed by atoms with E-state index in [0.29, 0.717) is 12.0 Å². The average Bonchev–Trinajstić information content (AvgIpc) is 2.92. The number of alkyl carbamates (subject to hydrolysis) is 1. The van der Waals surface area contributed by atoms with E-state index < -0.39 is 42.0 Å². The van der Waals surface area contributed by atoms with Crippen LogP contribution in [0.5, 0.6) is 0 Å². The molecule has 2 rings (SSSR count). The summed E-state index contributed by atoms with van der Waals surface area (Å²) in [5.74, 6) is -1.69. The van der Waals surface area contributed by atoms with Gasteiger partial charge in [0.05, 0.1) is 6.42 Å². The van der Waals surface area contributed by atoms with Crippen molar-refractivity contribution in [2.24, 2.45) is 5.73 Å². The topological polar surface area (TPSA) is 131 Å². The van der Waals surface area contributed by atoms with Gasteiger partial charge in [-0.15, -0.1) is 0 Å². The lowest BCUT2D eigenvalue weighted by atomic mass is 9.95. The summed E-state index contributed by atoms with van der Waals surface area (Å²) in [6.07, 6.45) is 4.59. The van der Waals surface area contributed by atoms with Gasteiger partial charge in [-0.25, -0.2) is 4.79 Å². The molecule has 236 valence electrons. The Morgan fingerprint density at radius 2 is 1.58 bits per heavy atom. The molecule has 0 fully saturated rings. The molecule has 0 aliphatic rings. The van der Waals surface area contributed by atoms with Gasteiger partial charge < -0.3 is 26.0 Å². The number of amides is 4. The number of hydrogen-bond acceptors (Lipinski definition) is 5. The van der Waals surface area contributed by atoms with Crippen LogP contribution in [0.3, 0.4) is 0 Å². The van der Waals surface area contributed by atoms with Crippen LogP contribution in [-0.4, -0.2) is 46.9 Å². The van der Waals surface area contributed by atoms with E-state index in [2.05, 4.69) is 17.6 Å². The van der Waals surface area contributed by atoms with Crippen molar-refractivity contribution in [3.05, 3.63) is 70.8 Å². The van der Waals surface area contributed by atoms with Gasteiger partial charge in [-0.1, -0.05) is 93.1 Å². The van der Waals surface area contributed by atoms with Crippen molar-refractivity contribution in [2.45, 2.75) is 111 Å². The zero-order valence-corrected chi connectivity index (χ0v) is 26.7. The summed E-state index contributed by atoms with van der Waals surface area (Å²) < 4.78 is 5.38. The van der Waals surface area contributed by atoms with Crippen LogP contribution in [0.2, 0.25) is 0 Å². The molecule has 0 saturated carbocycles. The Morgan fingerprint density at radius 3 is 2.19 bits per heavy atom. The highest BCUT2D eigenvalue weighted by atomic mass is 16.6. The number of aryl methyl sites for hydroxylation is 2. The molecule has 0 saturated heterocycles. The number of ether oxygens (including phenoxy) is 1. The average molecular weight is 595 g/mol. The zero-order chi connectivity index (χ0) is 32.0. The van der Waals surface area contributed by atoms with Gasteiger partial charge in [-0.2, -0.15) is 0 Å². The summed E-state index contributed by atoms with van der Waals surface area (Å²) in [5, 5.41) is 5.55. The number of nitrogens with zero attached hydrogens (tertiary/aromatic N) is 1. The molecule has 9 nitrogen and oxygen atoms in total. The molecule has 0 aliphatic heterocycles. The third kappa shape index (κ3) is 12.5. The van der Waals surface area contributed by atoms with Crippen LogP contribution in [0.15, 0.2) is 48.5 Å². The first-order valence-electron chi connectivity index (χ1n) is 15.3. The van der Waals surface area contributed by atoms with Crippen molar-refractivity contribution >= 4 is 23.8 Å². The summed E-state index contributed by atoms with van der Waals surface area (Å²) in [7, 11) is 0. The highest BCUT2D eigenvalue weighted by Gasteiger charge is 2.37. The molecule has 0 bridgehead atoms. The maximum Gasteiger partial charge on any atom is 0.408 e. The minimum Gasteiger partial charge on any atom is -0.444 e. The molecule has 43 heavy (non-hydrogen) atoms. The first-order valence-corrected chi connectivity index (χ1v) is 15.3. The predicted octanol–water partition coefficient (Wildman–Crippen LogP) is 5.62. The fraction of sp³-hybridized carbons (Fsp3) is 0.529. The predicted molar refractivity (Wildman–Crippen MR) is 169 cm³/mol. The Hall–Kier alpha value is -3.88.